The zero-order valence-electron chi connectivity index (χ0n) is 16.2. The van der Waals surface area contributed by atoms with Crippen molar-refractivity contribution < 1.29 is 13.2 Å². The highest BCUT2D eigenvalue weighted by Crippen LogP contribution is 2.23. The number of amides is 1. The second kappa shape index (κ2) is 7.86. The van der Waals surface area contributed by atoms with Gasteiger partial charge in [0.1, 0.15) is 10.6 Å². The number of aryl methyl sites for hydroxylation is 3. The highest BCUT2D eigenvalue weighted by molar-refractivity contribution is 7.89. The first kappa shape index (κ1) is 19.6. The standard InChI is InChI=1S/C20H27N3O3S/c1-15-10-16(2)12-17(11-15)21-20(24)19-13-18(14-22(19)3)27(25,26)23-8-6-4-5-7-9-23/h10-14H,4-9H2,1-3H3,(H,21,24). The predicted octanol–water partition coefficient (Wildman–Crippen LogP) is 3.46. The summed E-state index contributed by atoms with van der Waals surface area (Å²) in [5.41, 5.74) is 3.14. The predicted molar refractivity (Wildman–Crippen MR) is 107 cm³/mol. The number of rotatable bonds is 4. The summed E-state index contributed by atoms with van der Waals surface area (Å²) in [4.78, 5) is 12.9. The molecule has 0 atom stereocenters. The normalized spacial score (nSPS) is 16.1. The molecular formula is C20H27N3O3S. The molecule has 2 aromatic rings. The zero-order chi connectivity index (χ0) is 19.6. The fourth-order valence-corrected chi connectivity index (χ4v) is 5.16. The highest BCUT2D eigenvalue weighted by atomic mass is 32.2. The lowest BCUT2D eigenvalue weighted by Gasteiger charge is -2.18. The summed E-state index contributed by atoms with van der Waals surface area (Å²) in [5.74, 6) is -0.320. The Balaban J connectivity index is 1.83. The fourth-order valence-electron chi connectivity index (χ4n) is 3.57. The highest BCUT2D eigenvalue weighted by Gasteiger charge is 2.28. The average molecular weight is 390 g/mol. The molecule has 2 heterocycles. The number of hydrogen-bond donors (Lipinski definition) is 1. The van der Waals surface area contributed by atoms with Gasteiger partial charge in [-0.2, -0.15) is 4.31 Å². The molecule has 1 fully saturated rings. The lowest BCUT2D eigenvalue weighted by atomic mass is 10.1. The second-order valence-corrected chi connectivity index (χ2v) is 9.26. The van der Waals surface area contributed by atoms with Crippen LogP contribution in [0.2, 0.25) is 0 Å². The Morgan fingerprint density at radius 3 is 2.15 bits per heavy atom. The van der Waals surface area contributed by atoms with Gasteiger partial charge in [-0.3, -0.25) is 4.79 Å². The quantitative estimate of drug-likeness (QED) is 0.870. The minimum absolute atomic E-state index is 0.178. The number of anilines is 1. The summed E-state index contributed by atoms with van der Waals surface area (Å²) in [7, 11) is -1.88. The number of benzene rings is 1. The van der Waals surface area contributed by atoms with Crippen LogP contribution in [-0.4, -0.2) is 36.3 Å². The minimum Gasteiger partial charge on any atom is -0.345 e. The lowest BCUT2D eigenvalue weighted by molar-refractivity contribution is 0.101. The number of nitrogens with one attached hydrogen (secondary N) is 1. The van der Waals surface area contributed by atoms with E-state index in [0.29, 0.717) is 24.5 Å². The Morgan fingerprint density at radius 2 is 1.56 bits per heavy atom. The molecule has 27 heavy (non-hydrogen) atoms. The van der Waals surface area contributed by atoms with Gasteiger partial charge in [0.15, 0.2) is 0 Å². The van der Waals surface area contributed by atoms with Gasteiger partial charge in [-0.1, -0.05) is 18.9 Å². The molecule has 0 aliphatic carbocycles. The van der Waals surface area contributed by atoms with Crippen LogP contribution in [0.5, 0.6) is 0 Å². The van der Waals surface area contributed by atoms with Crippen LogP contribution < -0.4 is 5.32 Å². The molecule has 7 heteroatoms. The van der Waals surface area contributed by atoms with Crippen LogP contribution in [0, 0.1) is 13.8 Å². The summed E-state index contributed by atoms with van der Waals surface area (Å²) in [6.07, 6.45) is 5.41. The number of sulfonamides is 1. The smallest absolute Gasteiger partial charge is 0.272 e. The molecule has 1 saturated heterocycles. The Labute approximate surface area is 161 Å². The SMILES string of the molecule is Cc1cc(C)cc(NC(=O)c2cc(S(=O)(=O)N3CCCCCC3)cn2C)c1. The van der Waals surface area contributed by atoms with Gasteiger partial charge in [-0.15, -0.1) is 0 Å². The third-order valence-electron chi connectivity index (χ3n) is 4.89. The zero-order valence-corrected chi connectivity index (χ0v) is 17.0. The molecule has 1 amide bonds. The van der Waals surface area contributed by atoms with Gasteiger partial charge in [0.25, 0.3) is 5.91 Å². The van der Waals surface area contributed by atoms with E-state index in [-0.39, 0.29) is 10.8 Å². The maximum atomic E-state index is 13.0. The van der Waals surface area contributed by atoms with E-state index in [0.717, 1.165) is 36.8 Å². The van der Waals surface area contributed by atoms with Gasteiger partial charge >= 0.3 is 0 Å². The van der Waals surface area contributed by atoms with Crippen molar-refractivity contribution in [2.45, 2.75) is 44.4 Å². The van der Waals surface area contributed by atoms with Crippen molar-refractivity contribution in [3.05, 3.63) is 47.3 Å². The summed E-state index contributed by atoms with van der Waals surface area (Å²) < 4.78 is 29.0. The first-order chi connectivity index (χ1) is 12.8. The molecule has 1 aromatic heterocycles. The summed E-state index contributed by atoms with van der Waals surface area (Å²) in [6.45, 7) is 5.02. The van der Waals surface area contributed by atoms with Crippen molar-refractivity contribution in [1.29, 1.82) is 0 Å². The molecule has 3 rings (SSSR count). The Bertz CT molecular complexity index is 919. The molecule has 146 valence electrons. The molecule has 0 unspecified atom stereocenters. The molecule has 0 saturated carbocycles. The first-order valence-electron chi connectivity index (χ1n) is 9.33. The van der Waals surface area contributed by atoms with Crippen molar-refractivity contribution in [3.8, 4) is 0 Å². The number of hydrogen-bond acceptors (Lipinski definition) is 3. The van der Waals surface area contributed by atoms with E-state index >= 15 is 0 Å². The average Bonchev–Trinajstić information content (AvgIpc) is 2.80. The molecule has 0 bridgehead atoms. The molecule has 6 nitrogen and oxygen atoms in total. The number of aromatic nitrogens is 1. The first-order valence-corrected chi connectivity index (χ1v) is 10.8. The number of nitrogens with zero attached hydrogens (tertiary/aromatic N) is 2. The van der Waals surface area contributed by atoms with E-state index in [1.807, 2.05) is 32.0 Å². The Kier molecular flexibility index (Phi) is 5.72. The van der Waals surface area contributed by atoms with Crippen LogP contribution in [0.1, 0.15) is 47.3 Å². The summed E-state index contributed by atoms with van der Waals surface area (Å²) in [5, 5.41) is 2.87. The van der Waals surface area contributed by atoms with Crippen molar-refractivity contribution in [2.75, 3.05) is 18.4 Å². The number of carbonyl (C=O) groups excluding carboxylic acids is 1. The summed E-state index contributed by atoms with van der Waals surface area (Å²) >= 11 is 0. The van der Waals surface area contributed by atoms with Crippen molar-refractivity contribution in [3.63, 3.8) is 0 Å². The van der Waals surface area contributed by atoms with Crippen molar-refractivity contribution in [1.82, 2.24) is 8.87 Å². The Morgan fingerprint density at radius 1 is 0.963 bits per heavy atom. The van der Waals surface area contributed by atoms with Gasteiger partial charge in [0.05, 0.1) is 0 Å². The molecule has 0 radical (unpaired) electrons. The van der Waals surface area contributed by atoms with Crippen molar-refractivity contribution in [2.24, 2.45) is 7.05 Å². The van der Waals surface area contributed by atoms with E-state index in [2.05, 4.69) is 5.32 Å². The van der Waals surface area contributed by atoms with E-state index in [9.17, 15) is 13.2 Å². The van der Waals surface area contributed by atoms with Crippen LogP contribution in [0.4, 0.5) is 5.69 Å². The van der Waals surface area contributed by atoms with Crippen LogP contribution in [-0.2, 0) is 17.1 Å². The van der Waals surface area contributed by atoms with Crippen LogP contribution in [0.25, 0.3) is 0 Å². The van der Waals surface area contributed by atoms with Crippen molar-refractivity contribution >= 4 is 21.6 Å². The molecule has 1 aliphatic rings. The molecular weight excluding hydrogens is 362 g/mol. The maximum Gasteiger partial charge on any atom is 0.272 e. The van der Waals surface area contributed by atoms with Crippen LogP contribution >= 0.6 is 0 Å². The van der Waals surface area contributed by atoms with Gasteiger partial charge in [0, 0.05) is 32.0 Å². The Hall–Kier alpha value is -2.12. The van der Waals surface area contributed by atoms with Gasteiger partial charge in [0.2, 0.25) is 10.0 Å². The van der Waals surface area contributed by atoms with Crippen LogP contribution in [0.15, 0.2) is 35.4 Å². The molecule has 1 aromatic carbocycles. The molecule has 1 aliphatic heterocycles. The molecule has 0 spiro atoms. The number of carbonyl (C=O) groups is 1. The lowest BCUT2D eigenvalue weighted by Crippen LogP contribution is -2.31. The third kappa shape index (κ3) is 4.42. The maximum absolute atomic E-state index is 13.0. The van der Waals surface area contributed by atoms with Gasteiger partial charge in [-0.05, 0) is 56.0 Å². The van der Waals surface area contributed by atoms with E-state index < -0.39 is 10.0 Å². The largest absolute Gasteiger partial charge is 0.345 e. The second-order valence-electron chi connectivity index (χ2n) is 7.32. The van der Waals surface area contributed by atoms with E-state index in [1.165, 1.54) is 12.3 Å². The topological polar surface area (TPSA) is 71.4 Å². The molecule has 1 N–H and O–H groups in total. The minimum atomic E-state index is -3.57. The van der Waals surface area contributed by atoms with Gasteiger partial charge < -0.3 is 9.88 Å². The van der Waals surface area contributed by atoms with E-state index in [4.69, 9.17) is 0 Å². The fraction of sp³-hybridized carbons (Fsp3) is 0.450. The monoisotopic (exact) mass is 389 g/mol. The van der Waals surface area contributed by atoms with Gasteiger partial charge in [-0.25, -0.2) is 8.42 Å². The third-order valence-corrected chi connectivity index (χ3v) is 6.76. The summed E-state index contributed by atoms with van der Waals surface area (Å²) in [6, 6.07) is 7.29. The van der Waals surface area contributed by atoms with Crippen LogP contribution in [0.3, 0.4) is 0 Å². The van der Waals surface area contributed by atoms with E-state index in [1.54, 1.807) is 15.9 Å².